The van der Waals surface area contributed by atoms with Crippen LogP contribution in [0.5, 0.6) is 6.01 Å². The number of aromatic nitrogens is 2. The average molecular weight is 189 g/mol. The zero-order chi connectivity index (χ0) is 10.4. The molecule has 0 bridgehead atoms. The Morgan fingerprint density at radius 2 is 2.43 bits per heavy atom. The molecule has 1 aromatic rings. The van der Waals surface area contributed by atoms with Crippen LogP contribution in [0.25, 0.3) is 0 Å². The molecule has 4 heteroatoms. The zero-order valence-electron chi connectivity index (χ0n) is 8.03. The lowest BCUT2D eigenvalue weighted by Crippen LogP contribution is -2.02. The highest BCUT2D eigenvalue weighted by Crippen LogP contribution is 2.06. The number of rotatable bonds is 4. The molecule has 0 aliphatic heterocycles. The van der Waals surface area contributed by atoms with Crippen LogP contribution in [0.15, 0.2) is 18.7 Å². The molecule has 0 fully saturated rings. The maximum absolute atomic E-state index is 8.65. The highest BCUT2D eigenvalue weighted by atomic mass is 16.5. The van der Waals surface area contributed by atoms with Gasteiger partial charge in [0.05, 0.1) is 6.61 Å². The molecular formula is C10H11N3O. The van der Waals surface area contributed by atoms with Crippen molar-refractivity contribution in [1.82, 2.24) is 9.97 Å². The summed E-state index contributed by atoms with van der Waals surface area (Å²) >= 11 is 0. The van der Waals surface area contributed by atoms with Gasteiger partial charge in [-0.2, -0.15) is 10.2 Å². The van der Waals surface area contributed by atoms with E-state index >= 15 is 0 Å². The fraction of sp³-hybridized carbons (Fsp3) is 0.300. The molecule has 0 atom stereocenters. The van der Waals surface area contributed by atoms with Crippen molar-refractivity contribution in [2.24, 2.45) is 0 Å². The first kappa shape index (κ1) is 10.2. The number of aryl methyl sites for hydroxylation is 1. The molecule has 0 unspecified atom stereocenters. The molecule has 0 aliphatic carbocycles. The summed E-state index contributed by atoms with van der Waals surface area (Å²) in [5, 5.41) is 8.65. The Hall–Kier alpha value is -1.89. The van der Waals surface area contributed by atoms with Crippen LogP contribution >= 0.6 is 0 Å². The molecular weight excluding hydrogens is 178 g/mol. The third-order valence-electron chi connectivity index (χ3n) is 1.50. The van der Waals surface area contributed by atoms with Crippen LogP contribution in [-0.4, -0.2) is 16.6 Å². The number of nitriles is 1. The normalized spacial score (nSPS) is 9.14. The second kappa shape index (κ2) is 4.97. The van der Waals surface area contributed by atoms with E-state index in [-0.39, 0.29) is 6.01 Å². The first-order chi connectivity index (χ1) is 6.76. The van der Waals surface area contributed by atoms with Crippen LogP contribution in [0, 0.1) is 18.3 Å². The van der Waals surface area contributed by atoms with Crippen LogP contribution in [-0.2, 0) is 0 Å². The molecule has 0 aliphatic rings. The lowest BCUT2D eigenvalue weighted by atomic mass is 10.3. The van der Waals surface area contributed by atoms with Gasteiger partial charge in [-0.15, -0.1) is 6.58 Å². The first-order valence-corrected chi connectivity index (χ1v) is 4.25. The lowest BCUT2D eigenvalue weighted by molar-refractivity contribution is 0.298. The predicted octanol–water partition coefficient (Wildman–Crippen LogP) is 1.61. The predicted molar refractivity (Wildman–Crippen MR) is 51.8 cm³/mol. The Balaban J connectivity index is 2.72. The van der Waals surface area contributed by atoms with Crippen molar-refractivity contribution >= 4 is 0 Å². The first-order valence-electron chi connectivity index (χ1n) is 4.25. The smallest absolute Gasteiger partial charge is 0.317 e. The highest BCUT2D eigenvalue weighted by Gasteiger charge is 2.01. The Bertz CT molecular complexity index is 368. The van der Waals surface area contributed by atoms with Crippen molar-refractivity contribution in [2.45, 2.75) is 13.3 Å². The summed E-state index contributed by atoms with van der Waals surface area (Å²) in [4.78, 5) is 7.93. The molecule has 0 amide bonds. The number of nitrogens with zero attached hydrogens (tertiary/aromatic N) is 3. The molecule has 0 saturated carbocycles. The average Bonchev–Trinajstić information content (AvgIpc) is 2.17. The van der Waals surface area contributed by atoms with E-state index in [1.165, 1.54) is 0 Å². The second-order valence-corrected chi connectivity index (χ2v) is 2.71. The van der Waals surface area contributed by atoms with Crippen molar-refractivity contribution in [1.29, 1.82) is 5.26 Å². The topological polar surface area (TPSA) is 58.8 Å². The molecule has 1 heterocycles. The van der Waals surface area contributed by atoms with Gasteiger partial charge in [-0.05, 0) is 19.4 Å². The highest BCUT2D eigenvalue weighted by molar-refractivity contribution is 5.23. The van der Waals surface area contributed by atoms with Gasteiger partial charge in [0.2, 0.25) is 0 Å². The van der Waals surface area contributed by atoms with Crippen LogP contribution in [0.2, 0.25) is 0 Å². The summed E-state index contributed by atoms with van der Waals surface area (Å²) in [6, 6.07) is 3.81. The largest absolute Gasteiger partial charge is 0.463 e. The summed E-state index contributed by atoms with van der Waals surface area (Å²) in [7, 11) is 0. The van der Waals surface area contributed by atoms with Gasteiger partial charge >= 0.3 is 6.01 Å². The van der Waals surface area contributed by atoms with Crippen molar-refractivity contribution in [3.05, 3.63) is 30.1 Å². The minimum absolute atomic E-state index is 0.253. The number of hydrogen-bond donors (Lipinski definition) is 0. The zero-order valence-corrected chi connectivity index (χ0v) is 8.03. The minimum atomic E-state index is 0.253. The Kier molecular flexibility index (Phi) is 3.62. The van der Waals surface area contributed by atoms with E-state index in [4.69, 9.17) is 10.00 Å². The SMILES string of the molecule is C=CCCOc1nc(C)cc(C#N)n1. The summed E-state index contributed by atoms with van der Waals surface area (Å²) < 4.78 is 5.23. The van der Waals surface area contributed by atoms with Crippen molar-refractivity contribution < 1.29 is 4.74 Å². The minimum Gasteiger partial charge on any atom is -0.463 e. The second-order valence-electron chi connectivity index (χ2n) is 2.71. The van der Waals surface area contributed by atoms with E-state index in [1.807, 2.05) is 6.07 Å². The molecule has 0 saturated heterocycles. The summed E-state index contributed by atoms with van der Waals surface area (Å²) in [6.07, 6.45) is 2.49. The van der Waals surface area contributed by atoms with Gasteiger partial charge in [0, 0.05) is 5.69 Å². The maximum Gasteiger partial charge on any atom is 0.317 e. The fourth-order valence-electron chi connectivity index (χ4n) is 0.897. The monoisotopic (exact) mass is 189 g/mol. The quantitative estimate of drug-likeness (QED) is 0.533. The summed E-state index contributed by atoms with van der Waals surface area (Å²) in [6.45, 7) is 5.85. The van der Waals surface area contributed by atoms with Crippen LogP contribution < -0.4 is 4.74 Å². The van der Waals surface area contributed by atoms with Crippen LogP contribution in [0.3, 0.4) is 0 Å². The van der Waals surface area contributed by atoms with Gasteiger partial charge in [-0.3, -0.25) is 0 Å². The van der Waals surface area contributed by atoms with Gasteiger partial charge in [0.1, 0.15) is 11.8 Å². The molecule has 0 aromatic carbocycles. The standard InChI is InChI=1S/C10H11N3O/c1-3-4-5-14-10-12-8(2)6-9(7-11)13-10/h3,6H,1,4-5H2,2H3. The molecule has 0 spiro atoms. The van der Waals surface area contributed by atoms with Gasteiger partial charge in [-0.25, -0.2) is 4.98 Å². The fourth-order valence-corrected chi connectivity index (χ4v) is 0.897. The Morgan fingerprint density at radius 1 is 1.64 bits per heavy atom. The molecule has 1 rings (SSSR count). The molecule has 0 N–H and O–H groups in total. The van der Waals surface area contributed by atoms with Gasteiger partial charge in [-0.1, -0.05) is 6.08 Å². The van der Waals surface area contributed by atoms with Crippen LogP contribution in [0.1, 0.15) is 17.8 Å². The maximum atomic E-state index is 8.65. The van der Waals surface area contributed by atoms with Gasteiger partial charge in [0.25, 0.3) is 0 Å². The van der Waals surface area contributed by atoms with E-state index in [1.54, 1.807) is 19.1 Å². The Labute approximate surface area is 82.9 Å². The summed E-state index contributed by atoms with van der Waals surface area (Å²) in [5.74, 6) is 0. The van der Waals surface area contributed by atoms with E-state index in [9.17, 15) is 0 Å². The number of hydrogen-bond acceptors (Lipinski definition) is 4. The van der Waals surface area contributed by atoms with Gasteiger partial charge in [0.15, 0.2) is 0 Å². The van der Waals surface area contributed by atoms with E-state index in [0.29, 0.717) is 12.3 Å². The van der Waals surface area contributed by atoms with Crippen molar-refractivity contribution in [3.8, 4) is 12.1 Å². The van der Waals surface area contributed by atoms with Crippen molar-refractivity contribution in [2.75, 3.05) is 6.61 Å². The van der Waals surface area contributed by atoms with Crippen LogP contribution in [0.4, 0.5) is 0 Å². The van der Waals surface area contributed by atoms with E-state index < -0.39 is 0 Å². The lowest BCUT2D eigenvalue weighted by Gasteiger charge is -2.02. The molecule has 4 nitrogen and oxygen atoms in total. The third-order valence-corrected chi connectivity index (χ3v) is 1.50. The van der Waals surface area contributed by atoms with Crippen molar-refractivity contribution in [3.63, 3.8) is 0 Å². The third kappa shape index (κ3) is 2.87. The number of ether oxygens (including phenoxy) is 1. The summed E-state index contributed by atoms with van der Waals surface area (Å²) in [5.41, 5.74) is 1.05. The molecule has 72 valence electrons. The molecule has 1 aromatic heterocycles. The molecule has 14 heavy (non-hydrogen) atoms. The van der Waals surface area contributed by atoms with E-state index in [0.717, 1.165) is 12.1 Å². The Morgan fingerprint density at radius 3 is 3.07 bits per heavy atom. The molecule has 0 radical (unpaired) electrons. The van der Waals surface area contributed by atoms with E-state index in [2.05, 4.69) is 16.5 Å². The van der Waals surface area contributed by atoms with Gasteiger partial charge < -0.3 is 4.74 Å².